The fourth-order valence-electron chi connectivity index (χ4n) is 3.54. The highest BCUT2D eigenvalue weighted by Crippen LogP contribution is 2.31. The van der Waals surface area contributed by atoms with E-state index in [1.54, 1.807) is 24.3 Å². The first-order valence-electron chi connectivity index (χ1n) is 9.79. The van der Waals surface area contributed by atoms with E-state index >= 15 is 0 Å². The summed E-state index contributed by atoms with van der Waals surface area (Å²) in [6.07, 6.45) is -0.100. The zero-order valence-electron chi connectivity index (χ0n) is 17.1. The number of amidine groups is 2. The lowest BCUT2D eigenvalue weighted by atomic mass is 10.0. The van der Waals surface area contributed by atoms with E-state index in [1.807, 2.05) is 18.2 Å². The minimum Gasteiger partial charge on any atom is -0.481 e. The Kier molecular flexibility index (Phi) is 6.55. The standard InChI is InChI=1S/C22H24N6O4/c23-20(24)12-3-1-11(2-4-12)19-15(7-8-27-17(22(31)32)10-18(29)30)14-6-5-13(21(25)26)9-16(14)28-19/h1-6,9,17,27-28H,7-8,10H2,(H3,23,24)(H3,25,26)(H,29,30)(H,31,32). The van der Waals surface area contributed by atoms with Gasteiger partial charge in [0.2, 0.25) is 0 Å². The Balaban J connectivity index is 1.97. The zero-order chi connectivity index (χ0) is 23.4. The second kappa shape index (κ2) is 9.31. The van der Waals surface area contributed by atoms with Crippen LogP contribution in [0, 0.1) is 10.8 Å². The first-order valence-corrected chi connectivity index (χ1v) is 9.79. The van der Waals surface area contributed by atoms with E-state index in [4.69, 9.17) is 27.4 Å². The quantitative estimate of drug-likeness (QED) is 0.173. The van der Waals surface area contributed by atoms with Crippen molar-refractivity contribution in [2.75, 3.05) is 6.54 Å². The van der Waals surface area contributed by atoms with Crippen molar-refractivity contribution in [3.05, 3.63) is 59.2 Å². The van der Waals surface area contributed by atoms with E-state index < -0.39 is 24.4 Å². The molecule has 2 aromatic carbocycles. The van der Waals surface area contributed by atoms with Crippen molar-refractivity contribution in [1.29, 1.82) is 10.8 Å². The number of nitrogens with two attached hydrogens (primary N) is 2. The number of H-pyrrole nitrogens is 1. The van der Waals surface area contributed by atoms with Crippen molar-refractivity contribution < 1.29 is 19.8 Å². The number of nitrogen functional groups attached to an aromatic ring is 2. The van der Waals surface area contributed by atoms with Crippen LogP contribution in [-0.2, 0) is 16.0 Å². The van der Waals surface area contributed by atoms with E-state index in [0.29, 0.717) is 17.5 Å². The minimum atomic E-state index is -1.22. The van der Waals surface area contributed by atoms with Crippen LogP contribution in [0.4, 0.5) is 0 Å². The highest BCUT2D eigenvalue weighted by molar-refractivity contribution is 6.01. The van der Waals surface area contributed by atoms with Gasteiger partial charge in [0.15, 0.2) is 0 Å². The number of hydrogen-bond acceptors (Lipinski definition) is 5. The Morgan fingerprint density at radius 2 is 1.62 bits per heavy atom. The Morgan fingerprint density at radius 3 is 2.19 bits per heavy atom. The summed E-state index contributed by atoms with van der Waals surface area (Å²) in [5.41, 5.74) is 15.6. The van der Waals surface area contributed by atoms with E-state index in [-0.39, 0.29) is 18.2 Å². The van der Waals surface area contributed by atoms with Gasteiger partial charge < -0.3 is 32.0 Å². The molecule has 0 saturated heterocycles. The Morgan fingerprint density at radius 1 is 1.00 bits per heavy atom. The molecule has 10 nitrogen and oxygen atoms in total. The summed E-state index contributed by atoms with van der Waals surface area (Å²) in [7, 11) is 0. The van der Waals surface area contributed by atoms with Crippen molar-refractivity contribution in [3.63, 3.8) is 0 Å². The molecule has 0 aliphatic rings. The molecule has 3 aromatic rings. The number of aliphatic carboxylic acids is 2. The van der Waals surface area contributed by atoms with E-state index in [2.05, 4.69) is 10.3 Å². The molecular formula is C22H24N6O4. The molecule has 10 heteroatoms. The number of benzene rings is 2. The fraction of sp³-hybridized carbons (Fsp3) is 0.182. The van der Waals surface area contributed by atoms with Crippen LogP contribution in [0.5, 0.6) is 0 Å². The summed E-state index contributed by atoms with van der Waals surface area (Å²) in [6.45, 7) is 0.240. The van der Waals surface area contributed by atoms with Gasteiger partial charge in [-0.3, -0.25) is 20.4 Å². The molecule has 10 N–H and O–H groups in total. The molecule has 32 heavy (non-hydrogen) atoms. The van der Waals surface area contributed by atoms with Crippen LogP contribution in [0.1, 0.15) is 23.1 Å². The van der Waals surface area contributed by atoms with Gasteiger partial charge in [-0.25, -0.2) is 0 Å². The summed E-state index contributed by atoms with van der Waals surface area (Å²) >= 11 is 0. The zero-order valence-corrected chi connectivity index (χ0v) is 17.1. The van der Waals surface area contributed by atoms with Gasteiger partial charge >= 0.3 is 11.9 Å². The minimum absolute atomic E-state index is 0.0399. The van der Waals surface area contributed by atoms with Gasteiger partial charge in [-0.15, -0.1) is 0 Å². The number of aromatic nitrogens is 1. The number of fused-ring (bicyclic) bond motifs is 1. The maximum absolute atomic E-state index is 11.3. The van der Waals surface area contributed by atoms with Gasteiger partial charge in [-0.1, -0.05) is 36.4 Å². The lowest BCUT2D eigenvalue weighted by Gasteiger charge is -2.13. The third kappa shape index (κ3) is 4.93. The highest BCUT2D eigenvalue weighted by Gasteiger charge is 2.21. The first-order chi connectivity index (χ1) is 15.2. The average molecular weight is 436 g/mol. The molecule has 3 rings (SSSR count). The molecule has 0 fully saturated rings. The second-order valence-corrected chi connectivity index (χ2v) is 7.34. The van der Waals surface area contributed by atoms with E-state index in [9.17, 15) is 14.7 Å². The molecule has 0 saturated carbocycles. The van der Waals surface area contributed by atoms with Gasteiger partial charge in [-0.2, -0.15) is 0 Å². The lowest BCUT2D eigenvalue weighted by molar-refractivity contribution is -0.145. The van der Waals surface area contributed by atoms with Gasteiger partial charge in [-0.05, 0) is 23.6 Å². The lowest BCUT2D eigenvalue weighted by Crippen LogP contribution is -2.39. The third-order valence-corrected chi connectivity index (χ3v) is 5.14. The van der Waals surface area contributed by atoms with Crippen LogP contribution in [0.2, 0.25) is 0 Å². The highest BCUT2D eigenvalue weighted by atomic mass is 16.4. The van der Waals surface area contributed by atoms with Crippen LogP contribution in [0.25, 0.3) is 22.2 Å². The van der Waals surface area contributed by atoms with E-state index in [0.717, 1.165) is 27.7 Å². The summed E-state index contributed by atoms with van der Waals surface area (Å²) in [6, 6.07) is 11.3. The van der Waals surface area contributed by atoms with Crippen molar-refractivity contribution in [2.24, 2.45) is 11.5 Å². The number of carbonyl (C=O) groups is 2. The molecule has 166 valence electrons. The van der Waals surface area contributed by atoms with Gasteiger partial charge in [0, 0.05) is 34.3 Å². The summed E-state index contributed by atoms with van der Waals surface area (Å²) < 4.78 is 0. The van der Waals surface area contributed by atoms with Gasteiger partial charge in [0.05, 0.1) is 6.42 Å². The Bertz CT molecular complexity index is 1200. The summed E-state index contributed by atoms with van der Waals surface area (Å²) in [4.78, 5) is 25.6. The molecule has 0 amide bonds. The monoisotopic (exact) mass is 436 g/mol. The van der Waals surface area contributed by atoms with Crippen LogP contribution < -0.4 is 16.8 Å². The molecule has 0 aliphatic carbocycles. The molecule has 0 aliphatic heterocycles. The van der Waals surface area contributed by atoms with Gasteiger partial charge in [0.1, 0.15) is 17.7 Å². The first kappa shape index (κ1) is 22.5. The molecular weight excluding hydrogens is 412 g/mol. The SMILES string of the molecule is N=C(N)c1ccc(-c2[nH]c3cc(C(=N)N)ccc3c2CCNC(CC(=O)O)C(=O)O)cc1. The van der Waals surface area contributed by atoms with Crippen LogP contribution in [-0.4, -0.2) is 51.4 Å². The van der Waals surface area contributed by atoms with Crippen molar-refractivity contribution >= 4 is 34.5 Å². The molecule has 0 spiro atoms. The molecule has 1 heterocycles. The smallest absolute Gasteiger partial charge is 0.321 e. The molecule has 0 bridgehead atoms. The maximum Gasteiger partial charge on any atom is 0.321 e. The van der Waals surface area contributed by atoms with Crippen LogP contribution in [0.15, 0.2) is 42.5 Å². The molecule has 0 radical (unpaired) electrons. The number of hydrogen-bond donors (Lipinski definition) is 8. The fourth-order valence-corrected chi connectivity index (χ4v) is 3.54. The Hall–Kier alpha value is -4.18. The number of aromatic amines is 1. The molecule has 1 unspecified atom stereocenters. The average Bonchev–Trinajstić information content (AvgIpc) is 3.10. The predicted molar refractivity (Wildman–Crippen MR) is 121 cm³/mol. The van der Waals surface area contributed by atoms with Crippen molar-refractivity contribution in [2.45, 2.75) is 18.9 Å². The largest absolute Gasteiger partial charge is 0.481 e. The van der Waals surface area contributed by atoms with Crippen molar-refractivity contribution in [1.82, 2.24) is 10.3 Å². The molecule has 1 aromatic heterocycles. The van der Waals surface area contributed by atoms with Crippen LogP contribution in [0.3, 0.4) is 0 Å². The third-order valence-electron chi connectivity index (χ3n) is 5.14. The second-order valence-electron chi connectivity index (χ2n) is 7.34. The number of rotatable bonds is 10. The number of carboxylic acids is 2. The maximum atomic E-state index is 11.3. The van der Waals surface area contributed by atoms with Crippen LogP contribution >= 0.6 is 0 Å². The van der Waals surface area contributed by atoms with Crippen molar-refractivity contribution in [3.8, 4) is 11.3 Å². The summed E-state index contributed by atoms with van der Waals surface area (Å²) in [5.74, 6) is -2.52. The van der Waals surface area contributed by atoms with Gasteiger partial charge in [0.25, 0.3) is 0 Å². The topological polar surface area (TPSA) is 202 Å². The normalized spacial score (nSPS) is 11.9. The Labute approximate surface area is 183 Å². The summed E-state index contributed by atoms with van der Waals surface area (Å²) in [5, 5.41) is 37.1. The number of nitrogens with one attached hydrogen (secondary N) is 4. The predicted octanol–water partition coefficient (Wildman–Crippen LogP) is 1.46. The van der Waals surface area contributed by atoms with E-state index in [1.165, 1.54) is 0 Å². The number of carboxylic acid groups (broad SMARTS) is 2. The molecule has 1 atom stereocenters.